The molecule has 1 heterocycles. The van der Waals surface area contributed by atoms with Crippen LogP contribution in [0.1, 0.15) is 18.2 Å². The Kier molecular flexibility index (Phi) is 4.98. The van der Waals surface area contributed by atoms with Gasteiger partial charge in [-0.2, -0.15) is 5.10 Å². The summed E-state index contributed by atoms with van der Waals surface area (Å²) in [5.74, 6) is 0.903. The second kappa shape index (κ2) is 6.95. The largest absolute Gasteiger partial charge is 0.492 e. The van der Waals surface area contributed by atoms with Crippen molar-refractivity contribution in [1.82, 2.24) is 15.1 Å². The summed E-state index contributed by atoms with van der Waals surface area (Å²) in [4.78, 5) is 0. The first-order valence-corrected chi connectivity index (χ1v) is 6.71. The molecule has 0 unspecified atom stereocenters. The van der Waals surface area contributed by atoms with Crippen molar-refractivity contribution in [1.29, 1.82) is 0 Å². The number of nitrogens with zero attached hydrogens (tertiary/aromatic N) is 2. The van der Waals surface area contributed by atoms with Crippen molar-refractivity contribution < 1.29 is 4.74 Å². The van der Waals surface area contributed by atoms with Gasteiger partial charge in [0.1, 0.15) is 12.4 Å². The number of hydrogen-bond acceptors (Lipinski definition) is 3. The number of aromatic nitrogens is 2. The second-order valence-electron chi connectivity index (χ2n) is 4.42. The number of nitrogens with one attached hydrogen (secondary N) is 1. The quantitative estimate of drug-likeness (QED) is 0.829. The molecule has 0 aliphatic rings. The van der Waals surface area contributed by atoms with Gasteiger partial charge in [-0.25, -0.2) is 0 Å². The van der Waals surface area contributed by atoms with Gasteiger partial charge in [-0.1, -0.05) is 25.1 Å². The molecule has 4 heteroatoms. The smallest absolute Gasteiger partial charge is 0.119 e. The maximum atomic E-state index is 5.68. The van der Waals surface area contributed by atoms with E-state index in [0.29, 0.717) is 6.61 Å². The Morgan fingerprint density at radius 1 is 1.26 bits per heavy atom. The van der Waals surface area contributed by atoms with E-state index in [-0.39, 0.29) is 0 Å². The van der Waals surface area contributed by atoms with Crippen LogP contribution in [0.25, 0.3) is 0 Å². The van der Waals surface area contributed by atoms with E-state index >= 15 is 0 Å². The van der Waals surface area contributed by atoms with E-state index < -0.39 is 0 Å². The third-order valence-electron chi connectivity index (χ3n) is 3.09. The Balaban J connectivity index is 1.84. The first-order valence-electron chi connectivity index (χ1n) is 6.71. The van der Waals surface area contributed by atoms with Gasteiger partial charge in [0.25, 0.3) is 0 Å². The number of benzene rings is 1. The zero-order chi connectivity index (χ0) is 13.5. The number of hydrogen-bond donors (Lipinski definition) is 1. The Morgan fingerprint density at radius 2 is 2.05 bits per heavy atom. The van der Waals surface area contributed by atoms with Crippen molar-refractivity contribution in [3.8, 4) is 5.75 Å². The molecule has 0 bridgehead atoms. The molecule has 1 N–H and O–H groups in total. The van der Waals surface area contributed by atoms with Gasteiger partial charge in [-0.3, -0.25) is 4.68 Å². The van der Waals surface area contributed by atoms with Gasteiger partial charge >= 0.3 is 0 Å². The van der Waals surface area contributed by atoms with Crippen molar-refractivity contribution in [3.05, 3.63) is 47.8 Å². The molecule has 0 amide bonds. The molecule has 4 nitrogen and oxygen atoms in total. The highest BCUT2D eigenvalue weighted by Crippen LogP contribution is 2.10. The van der Waals surface area contributed by atoms with Crippen LogP contribution in [-0.4, -0.2) is 22.9 Å². The van der Waals surface area contributed by atoms with E-state index in [2.05, 4.69) is 24.3 Å². The van der Waals surface area contributed by atoms with Gasteiger partial charge in [-0.05, 0) is 25.6 Å². The Hall–Kier alpha value is -1.81. The van der Waals surface area contributed by atoms with Crippen molar-refractivity contribution >= 4 is 0 Å². The van der Waals surface area contributed by atoms with Gasteiger partial charge in [0.05, 0.1) is 12.7 Å². The average molecular weight is 259 g/mol. The van der Waals surface area contributed by atoms with E-state index in [1.165, 1.54) is 11.3 Å². The van der Waals surface area contributed by atoms with E-state index in [1.54, 1.807) is 0 Å². The lowest BCUT2D eigenvalue weighted by Crippen LogP contribution is -2.14. The molecule has 1 aromatic carbocycles. The topological polar surface area (TPSA) is 39.1 Å². The number of para-hydroxylation sites is 1. The highest BCUT2D eigenvalue weighted by atomic mass is 16.5. The summed E-state index contributed by atoms with van der Waals surface area (Å²) in [6, 6.07) is 9.86. The zero-order valence-corrected chi connectivity index (χ0v) is 11.6. The lowest BCUT2D eigenvalue weighted by molar-refractivity contribution is 0.290. The van der Waals surface area contributed by atoms with Gasteiger partial charge in [0.15, 0.2) is 0 Å². The highest BCUT2D eigenvalue weighted by Gasteiger charge is 2.05. The maximum Gasteiger partial charge on any atom is 0.119 e. The summed E-state index contributed by atoms with van der Waals surface area (Å²) in [5.41, 5.74) is 2.46. The fraction of sp³-hybridized carbons (Fsp3) is 0.400. The Bertz CT molecular complexity index is 493. The van der Waals surface area contributed by atoms with Crippen LogP contribution in [0.2, 0.25) is 0 Å². The molecule has 1 aromatic heterocycles. The molecule has 2 aromatic rings. The normalized spacial score (nSPS) is 10.6. The van der Waals surface area contributed by atoms with Gasteiger partial charge in [0, 0.05) is 17.8 Å². The molecule has 0 aliphatic heterocycles. The monoisotopic (exact) mass is 259 g/mol. The molecular formula is C15H21N3O. The summed E-state index contributed by atoms with van der Waals surface area (Å²) in [7, 11) is 0. The summed E-state index contributed by atoms with van der Waals surface area (Å²) in [6.07, 6.45) is 1.93. The third-order valence-corrected chi connectivity index (χ3v) is 3.09. The van der Waals surface area contributed by atoms with E-state index in [4.69, 9.17) is 4.74 Å². The van der Waals surface area contributed by atoms with E-state index in [9.17, 15) is 0 Å². The molecular weight excluding hydrogens is 238 g/mol. The Labute approximate surface area is 114 Å². The third kappa shape index (κ3) is 3.83. The lowest BCUT2D eigenvalue weighted by Gasteiger charge is -2.08. The first kappa shape index (κ1) is 13.6. The standard InChI is InChI=1S/C15H21N3O/c1-3-16-11-14-12-17-18(13(14)2)9-10-19-15-7-5-4-6-8-15/h4-8,12,16H,3,9-11H2,1-2H3. The van der Waals surface area contributed by atoms with Crippen LogP contribution >= 0.6 is 0 Å². The molecule has 19 heavy (non-hydrogen) atoms. The minimum atomic E-state index is 0.632. The molecule has 0 aliphatic carbocycles. The molecule has 102 valence electrons. The zero-order valence-electron chi connectivity index (χ0n) is 11.6. The van der Waals surface area contributed by atoms with Crippen molar-refractivity contribution in [3.63, 3.8) is 0 Å². The van der Waals surface area contributed by atoms with Crippen LogP contribution in [0.4, 0.5) is 0 Å². The van der Waals surface area contributed by atoms with Crippen LogP contribution in [0.3, 0.4) is 0 Å². The molecule has 0 fully saturated rings. The summed E-state index contributed by atoms with van der Waals surface area (Å²) in [6.45, 7) is 7.46. The SMILES string of the molecule is CCNCc1cnn(CCOc2ccccc2)c1C. The van der Waals surface area contributed by atoms with Crippen molar-refractivity contribution in [2.45, 2.75) is 26.9 Å². The average Bonchev–Trinajstić information content (AvgIpc) is 2.79. The van der Waals surface area contributed by atoms with Gasteiger partial charge in [-0.15, -0.1) is 0 Å². The maximum absolute atomic E-state index is 5.68. The molecule has 0 spiro atoms. The molecule has 0 saturated heterocycles. The van der Waals surface area contributed by atoms with Crippen LogP contribution in [0.15, 0.2) is 36.5 Å². The van der Waals surface area contributed by atoms with Gasteiger partial charge in [0.2, 0.25) is 0 Å². The summed E-state index contributed by atoms with van der Waals surface area (Å²) >= 11 is 0. The highest BCUT2D eigenvalue weighted by molar-refractivity contribution is 5.21. The van der Waals surface area contributed by atoms with Crippen LogP contribution in [-0.2, 0) is 13.1 Å². The minimum absolute atomic E-state index is 0.632. The van der Waals surface area contributed by atoms with Crippen LogP contribution in [0.5, 0.6) is 5.75 Å². The molecule has 0 atom stereocenters. The van der Waals surface area contributed by atoms with Crippen LogP contribution in [0, 0.1) is 6.92 Å². The first-order chi connectivity index (χ1) is 9.31. The number of rotatable bonds is 7. The second-order valence-corrected chi connectivity index (χ2v) is 4.42. The van der Waals surface area contributed by atoms with Gasteiger partial charge < -0.3 is 10.1 Å². The molecule has 0 radical (unpaired) electrons. The van der Waals surface area contributed by atoms with Crippen LogP contribution < -0.4 is 10.1 Å². The molecule has 2 rings (SSSR count). The van der Waals surface area contributed by atoms with E-state index in [1.807, 2.05) is 41.2 Å². The Morgan fingerprint density at radius 3 is 2.79 bits per heavy atom. The summed E-state index contributed by atoms with van der Waals surface area (Å²) in [5, 5.41) is 7.71. The predicted octanol–water partition coefficient (Wildman–Crippen LogP) is 2.38. The minimum Gasteiger partial charge on any atom is -0.492 e. The van der Waals surface area contributed by atoms with Crippen molar-refractivity contribution in [2.75, 3.05) is 13.2 Å². The fourth-order valence-electron chi connectivity index (χ4n) is 1.91. The predicted molar refractivity (Wildman–Crippen MR) is 76.3 cm³/mol. The fourth-order valence-corrected chi connectivity index (χ4v) is 1.91. The van der Waals surface area contributed by atoms with E-state index in [0.717, 1.165) is 25.4 Å². The lowest BCUT2D eigenvalue weighted by atomic mass is 10.2. The molecule has 0 saturated carbocycles. The summed E-state index contributed by atoms with van der Waals surface area (Å²) < 4.78 is 7.67. The number of ether oxygens (including phenoxy) is 1. The van der Waals surface area contributed by atoms with Crippen molar-refractivity contribution in [2.24, 2.45) is 0 Å².